The van der Waals surface area contributed by atoms with Crippen LogP contribution < -0.4 is 4.74 Å². The van der Waals surface area contributed by atoms with E-state index in [0.717, 1.165) is 50.6 Å². The summed E-state index contributed by atoms with van der Waals surface area (Å²) in [5, 5.41) is 4.85. The minimum atomic E-state index is 0.855. The first-order valence-electron chi connectivity index (χ1n) is 19.5. The summed E-state index contributed by atoms with van der Waals surface area (Å²) in [5.74, 6) is 1.74. The first kappa shape index (κ1) is 31.7. The first-order chi connectivity index (χ1) is 28.3. The van der Waals surface area contributed by atoms with E-state index in [-0.39, 0.29) is 0 Å². The Kier molecular flexibility index (Phi) is 6.93. The lowest BCUT2D eigenvalue weighted by Crippen LogP contribution is -2.05. The summed E-state index contributed by atoms with van der Waals surface area (Å²) in [6, 6.07) is 74.4. The first-order valence-corrected chi connectivity index (χ1v) is 19.5. The highest BCUT2D eigenvalue weighted by molar-refractivity contribution is 6.15. The van der Waals surface area contributed by atoms with E-state index in [4.69, 9.17) is 4.74 Å². The predicted molar refractivity (Wildman–Crippen MR) is 237 cm³/mol. The van der Waals surface area contributed by atoms with Crippen LogP contribution in [-0.4, -0.2) is 9.13 Å². The van der Waals surface area contributed by atoms with E-state index in [9.17, 15) is 0 Å². The van der Waals surface area contributed by atoms with Crippen LogP contribution in [0.15, 0.2) is 206 Å². The molecule has 0 bridgehead atoms. The Balaban J connectivity index is 1.10. The van der Waals surface area contributed by atoms with E-state index in [0.29, 0.717) is 0 Å². The number of nitrogens with zero attached hydrogens (tertiary/aromatic N) is 2. The van der Waals surface area contributed by atoms with Gasteiger partial charge in [-0.3, -0.25) is 0 Å². The van der Waals surface area contributed by atoms with Crippen molar-refractivity contribution in [3.63, 3.8) is 0 Å². The summed E-state index contributed by atoms with van der Waals surface area (Å²) in [6.07, 6.45) is 0. The molecule has 0 N–H and O–H groups in total. The lowest BCUT2D eigenvalue weighted by molar-refractivity contribution is 0.478. The zero-order valence-electron chi connectivity index (χ0n) is 30.9. The fraction of sp³-hybridized carbons (Fsp3) is 0. The van der Waals surface area contributed by atoms with Gasteiger partial charge < -0.3 is 13.9 Å². The summed E-state index contributed by atoms with van der Waals surface area (Å²) >= 11 is 0. The molecular weight excluding hydrogens is 693 g/mol. The molecule has 3 heteroatoms. The normalized spacial score (nSPS) is 12.0. The number of benzene rings is 9. The van der Waals surface area contributed by atoms with Gasteiger partial charge in [-0.05, 0) is 88.0 Å². The van der Waals surface area contributed by atoms with Crippen molar-refractivity contribution >= 4 is 43.6 Å². The standard InChI is InChI=1S/C54H34N2O/c1-3-15-35(16-4-1)37-27-31-49-45(33-37)46-34-38(36-17-5-2-6-18-36)28-32-50(46)55(49)47-23-11-9-21-41(47)39-19-7-8-20-40(39)44-30-29-43-42-22-10-12-24-48(42)56-51-25-13-14-26-52(51)57-54(44)53(43)56/h1-34H. The highest BCUT2D eigenvalue weighted by atomic mass is 16.5. The number of ether oxygens (including phenoxy) is 1. The molecule has 0 saturated carbocycles. The molecule has 0 unspecified atom stereocenters. The van der Waals surface area contributed by atoms with Gasteiger partial charge in [0.05, 0.1) is 33.4 Å². The van der Waals surface area contributed by atoms with Crippen LogP contribution in [0.5, 0.6) is 11.5 Å². The van der Waals surface area contributed by atoms with Gasteiger partial charge in [-0.15, -0.1) is 0 Å². The smallest absolute Gasteiger partial charge is 0.160 e. The highest BCUT2D eigenvalue weighted by Crippen LogP contribution is 2.51. The Bertz CT molecular complexity index is 3270. The van der Waals surface area contributed by atoms with Gasteiger partial charge in [0.15, 0.2) is 11.5 Å². The summed E-state index contributed by atoms with van der Waals surface area (Å²) in [7, 11) is 0. The molecule has 0 amide bonds. The van der Waals surface area contributed by atoms with Crippen LogP contribution >= 0.6 is 0 Å². The number of rotatable bonds is 5. The van der Waals surface area contributed by atoms with Crippen molar-refractivity contribution in [2.45, 2.75) is 0 Å². The zero-order chi connectivity index (χ0) is 37.5. The minimum Gasteiger partial charge on any atom is -0.452 e. The molecule has 12 rings (SSSR count). The fourth-order valence-electron chi connectivity index (χ4n) is 9.18. The summed E-state index contributed by atoms with van der Waals surface area (Å²) < 4.78 is 11.8. The van der Waals surface area contributed by atoms with Crippen molar-refractivity contribution in [2.75, 3.05) is 0 Å². The monoisotopic (exact) mass is 726 g/mol. The summed E-state index contributed by atoms with van der Waals surface area (Å²) in [5.41, 5.74) is 16.1. The molecule has 0 radical (unpaired) electrons. The number of aromatic nitrogens is 2. The zero-order valence-corrected chi connectivity index (χ0v) is 30.9. The lowest BCUT2D eigenvalue weighted by atomic mass is 9.92. The van der Waals surface area contributed by atoms with Gasteiger partial charge in [0.1, 0.15) is 0 Å². The molecule has 3 nitrogen and oxygen atoms in total. The van der Waals surface area contributed by atoms with Crippen LogP contribution in [0.1, 0.15) is 0 Å². The van der Waals surface area contributed by atoms with Gasteiger partial charge in [0.25, 0.3) is 0 Å². The molecule has 0 fully saturated rings. The Morgan fingerprint density at radius 1 is 0.298 bits per heavy atom. The topological polar surface area (TPSA) is 19.1 Å². The Morgan fingerprint density at radius 2 is 0.825 bits per heavy atom. The second-order valence-corrected chi connectivity index (χ2v) is 14.9. The van der Waals surface area contributed by atoms with Crippen molar-refractivity contribution in [3.05, 3.63) is 206 Å². The van der Waals surface area contributed by atoms with Crippen LogP contribution in [0, 0.1) is 0 Å². The maximum absolute atomic E-state index is 6.94. The Morgan fingerprint density at radius 3 is 1.51 bits per heavy atom. The molecule has 266 valence electrons. The van der Waals surface area contributed by atoms with Crippen LogP contribution in [-0.2, 0) is 0 Å². The molecule has 0 spiro atoms. The van der Waals surface area contributed by atoms with E-state index < -0.39 is 0 Å². The van der Waals surface area contributed by atoms with Crippen LogP contribution in [0.4, 0.5) is 0 Å². The Hall–Kier alpha value is -7.62. The van der Waals surface area contributed by atoms with E-state index >= 15 is 0 Å². The fourth-order valence-corrected chi connectivity index (χ4v) is 9.18. The second-order valence-electron chi connectivity index (χ2n) is 14.9. The molecule has 0 saturated heterocycles. The van der Waals surface area contributed by atoms with E-state index in [1.54, 1.807) is 0 Å². The summed E-state index contributed by atoms with van der Waals surface area (Å²) in [4.78, 5) is 0. The Labute approximate surface area is 329 Å². The average molecular weight is 727 g/mol. The van der Waals surface area contributed by atoms with Crippen molar-refractivity contribution < 1.29 is 4.74 Å². The van der Waals surface area contributed by atoms with Gasteiger partial charge in [0, 0.05) is 32.7 Å². The number of hydrogen-bond donors (Lipinski definition) is 0. The highest BCUT2D eigenvalue weighted by Gasteiger charge is 2.27. The van der Waals surface area contributed by atoms with Gasteiger partial charge in [-0.2, -0.15) is 0 Å². The van der Waals surface area contributed by atoms with Gasteiger partial charge in [-0.25, -0.2) is 0 Å². The number of para-hydroxylation sites is 4. The van der Waals surface area contributed by atoms with Crippen LogP contribution in [0.2, 0.25) is 0 Å². The third kappa shape index (κ3) is 4.79. The number of fused-ring (bicyclic) bond motifs is 8. The molecule has 9 aromatic carbocycles. The molecule has 3 heterocycles. The van der Waals surface area contributed by atoms with Crippen molar-refractivity contribution in [2.24, 2.45) is 0 Å². The summed E-state index contributed by atoms with van der Waals surface area (Å²) in [6.45, 7) is 0. The molecule has 1 aliphatic heterocycles. The molecule has 0 aliphatic carbocycles. The SMILES string of the molecule is c1ccc(-c2ccc3c(c2)c2cc(-c4ccccc4)ccc2n3-c2ccccc2-c2ccccc2-c2ccc3c4ccccc4n4c3c2Oc2ccccc2-4)cc1. The average Bonchev–Trinajstić information content (AvgIpc) is 3.80. The lowest BCUT2D eigenvalue weighted by Gasteiger charge is -2.24. The van der Waals surface area contributed by atoms with Crippen molar-refractivity contribution in [3.8, 4) is 67.4 Å². The third-order valence-electron chi connectivity index (χ3n) is 11.7. The molecule has 11 aromatic rings. The predicted octanol–water partition coefficient (Wildman–Crippen LogP) is 14.7. The maximum Gasteiger partial charge on any atom is 0.160 e. The minimum absolute atomic E-state index is 0.855. The second kappa shape index (κ2) is 12.5. The molecule has 1 aliphatic rings. The van der Waals surface area contributed by atoms with E-state index in [1.165, 1.54) is 60.3 Å². The largest absolute Gasteiger partial charge is 0.452 e. The molecular formula is C54H34N2O. The van der Waals surface area contributed by atoms with Gasteiger partial charge in [0.2, 0.25) is 0 Å². The van der Waals surface area contributed by atoms with Crippen LogP contribution in [0.25, 0.3) is 99.5 Å². The van der Waals surface area contributed by atoms with E-state index in [2.05, 4.69) is 215 Å². The third-order valence-corrected chi connectivity index (χ3v) is 11.7. The van der Waals surface area contributed by atoms with Gasteiger partial charge in [-0.1, -0.05) is 152 Å². The van der Waals surface area contributed by atoms with Crippen molar-refractivity contribution in [1.82, 2.24) is 9.13 Å². The number of hydrogen-bond acceptors (Lipinski definition) is 1. The van der Waals surface area contributed by atoms with Crippen molar-refractivity contribution in [1.29, 1.82) is 0 Å². The molecule has 0 atom stereocenters. The van der Waals surface area contributed by atoms with Crippen LogP contribution in [0.3, 0.4) is 0 Å². The molecule has 57 heavy (non-hydrogen) atoms. The quantitative estimate of drug-likeness (QED) is 0.173. The maximum atomic E-state index is 6.94. The molecule has 2 aromatic heterocycles. The van der Waals surface area contributed by atoms with E-state index in [1.807, 2.05) is 0 Å². The van der Waals surface area contributed by atoms with Gasteiger partial charge >= 0.3 is 0 Å².